The molecule has 2 amide bonds. The van der Waals surface area contributed by atoms with Crippen molar-refractivity contribution in [3.8, 4) is 0 Å². The molecule has 1 atom stereocenters. The van der Waals surface area contributed by atoms with Crippen molar-refractivity contribution in [2.75, 3.05) is 10.6 Å². The molecule has 0 radical (unpaired) electrons. The SMILES string of the molecule is Cc1ccc(NC(=O)C(C)n2ccnc2C(C)C)cc1NC(=O)C(C)C. The minimum Gasteiger partial charge on any atom is -0.326 e. The maximum atomic E-state index is 12.7. The molecule has 0 saturated heterocycles. The van der Waals surface area contributed by atoms with Crippen molar-refractivity contribution >= 4 is 23.2 Å². The molecule has 0 saturated carbocycles. The largest absolute Gasteiger partial charge is 0.326 e. The molecule has 140 valence electrons. The second kappa shape index (κ2) is 8.17. The number of nitrogens with one attached hydrogen (secondary N) is 2. The van der Waals surface area contributed by atoms with Gasteiger partial charge in [0.2, 0.25) is 11.8 Å². The summed E-state index contributed by atoms with van der Waals surface area (Å²) in [5.74, 6) is 0.821. The van der Waals surface area contributed by atoms with Crippen molar-refractivity contribution in [1.29, 1.82) is 0 Å². The Hall–Kier alpha value is -2.63. The molecule has 2 aromatic rings. The lowest BCUT2D eigenvalue weighted by atomic mass is 10.1. The fraction of sp³-hybridized carbons (Fsp3) is 0.450. The number of carbonyl (C=O) groups excluding carboxylic acids is 2. The predicted octanol–water partition coefficient (Wildman–Crippen LogP) is 4.11. The first kappa shape index (κ1) is 19.7. The highest BCUT2D eigenvalue weighted by atomic mass is 16.2. The Labute approximate surface area is 155 Å². The van der Waals surface area contributed by atoms with E-state index in [-0.39, 0.29) is 29.7 Å². The quantitative estimate of drug-likeness (QED) is 0.818. The molecule has 6 heteroatoms. The van der Waals surface area contributed by atoms with E-state index in [1.807, 2.05) is 64.4 Å². The van der Waals surface area contributed by atoms with Gasteiger partial charge in [0.05, 0.1) is 0 Å². The summed E-state index contributed by atoms with van der Waals surface area (Å²) in [7, 11) is 0. The van der Waals surface area contributed by atoms with Crippen LogP contribution in [0.15, 0.2) is 30.6 Å². The molecule has 2 rings (SSSR count). The van der Waals surface area contributed by atoms with Gasteiger partial charge in [0.15, 0.2) is 0 Å². The zero-order chi connectivity index (χ0) is 19.4. The summed E-state index contributed by atoms with van der Waals surface area (Å²) < 4.78 is 1.88. The van der Waals surface area contributed by atoms with Gasteiger partial charge in [-0.15, -0.1) is 0 Å². The minimum absolute atomic E-state index is 0.0510. The number of anilines is 2. The van der Waals surface area contributed by atoms with Crippen LogP contribution in [0.25, 0.3) is 0 Å². The Bertz CT molecular complexity index is 793. The van der Waals surface area contributed by atoms with Crippen molar-refractivity contribution in [1.82, 2.24) is 9.55 Å². The number of hydrogen-bond acceptors (Lipinski definition) is 3. The monoisotopic (exact) mass is 356 g/mol. The van der Waals surface area contributed by atoms with Crippen LogP contribution in [-0.2, 0) is 9.59 Å². The van der Waals surface area contributed by atoms with Gasteiger partial charge in [0.25, 0.3) is 0 Å². The molecule has 6 nitrogen and oxygen atoms in total. The van der Waals surface area contributed by atoms with Crippen LogP contribution in [0.1, 0.15) is 58.0 Å². The number of benzene rings is 1. The standard InChI is InChI=1S/C20H28N4O2/c1-12(2)18-21-9-10-24(18)15(6)20(26)22-16-8-7-14(5)17(11-16)23-19(25)13(3)4/h7-13,15H,1-6H3,(H,22,26)(H,23,25). The Morgan fingerprint density at radius 2 is 1.73 bits per heavy atom. The Kier molecular flexibility index (Phi) is 6.18. The van der Waals surface area contributed by atoms with Crippen LogP contribution in [0.3, 0.4) is 0 Å². The molecule has 1 heterocycles. The second-order valence-corrected chi connectivity index (χ2v) is 7.19. The number of imidazole rings is 1. The van der Waals surface area contributed by atoms with E-state index >= 15 is 0 Å². The van der Waals surface area contributed by atoms with Crippen molar-refractivity contribution in [2.45, 2.75) is 53.5 Å². The average Bonchev–Trinajstić information content (AvgIpc) is 3.06. The number of aromatic nitrogens is 2. The summed E-state index contributed by atoms with van der Waals surface area (Å²) in [6.45, 7) is 11.5. The maximum absolute atomic E-state index is 12.7. The fourth-order valence-electron chi connectivity index (χ4n) is 2.58. The summed E-state index contributed by atoms with van der Waals surface area (Å²) >= 11 is 0. The first-order chi connectivity index (χ1) is 12.2. The van der Waals surface area contributed by atoms with Crippen LogP contribution in [0, 0.1) is 12.8 Å². The van der Waals surface area contributed by atoms with Gasteiger partial charge in [0, 0.05) is 35.6 Å². The van der Waals surface area contributed by atoms with E-state index in [4.69, 9.17) is 0 Å². The van der Waals surface area contributed by atoms with Crippen molar-refractivity contribution in [3.05, 3.63) is 42.0 Å². The van der Waals surface area contributed by atoms with Crippen molar-refractivity contribution in [2.24, 2.45) is 5.92 Å². The average molecular weight is 356 g/mol. The molecule has 0 aliphatic carbocycles. The summed E-state index contributed by atoms with van der Waals surface area (Å²) in [6, 6.07) is 5.12. The van der Waals surface area contributed by atoms with Gasteiger partial charge in [-0.2, -0.15) is 0 Å². The molecule has 1 unspecified atom stereocenters. The van der Waals surface area contributed by atoms with E-state index in [1.165, 1.54) is 0 Å². The molecule has 0 aliphatic rings. The smallest absolute Gasteiger partial charge is 0.247 e. The highest BCUT2D eigenvalue weighted by molar-refractivity contribution is 5.96. The van der Waals surface area contributed by atoms with E-state index in [0.717, 1.165) is 11.4 Å². The van der Waals surface area contributed by atoms with Crippen LogP contribution in [0.5, 0.6) is 0 Å². The maximum Gasteiger partial charge on any atom is 0.247 e. The highest BCUT2D eigenvalue weighted by Crippen LogP contribution is 2.23. The Balaban J connectivity index is 2.16. The summed E-state index contributed by atoms with van der Waals surface area (Å²) in [5, 5.41) is 5.83. The normalized spacial score (nSPS) is 12.3. The number of amides is 2. The van der Waals surface area contributed by atoms with E-state index < -0.39 is 0 Å². The van der Waals surface area contributed by atoms with E-state index in [9.17, 15) is 9.59 Å². The third-order valence-electron chi connectivity index (χ3n) is 4.30. The van der Waals surface area contributed by atoms with Gasteiger partial charge in [-0.25, -0.2) is 4.98 Å². The van der Waals surface area contributed by atoms with Gasteiger partial charge in [-0.3, -0.25) is 9.59 Å². The van der Waals surface area contributed by atoms with Crippen LogP contribution < -0.4 is 10.6 Å². The lowest BCUT2D eigenvalue weighted by Crippen LogP contribution is -2.25. The van der Waals surface area contributed by atoms with Crippen molar-refractivity contribution < 1.29 is 9.59 Å². The Morgan fingerprint density at radius 1 is 1.04 bits per heavy atom. The third-order valence-corrected chi connectivity index (χ3v) is 4.30. The van der Waals surface area contributed by atoms with E-state index in [0.29, 0.717) is 11.4 Å². The van der Waals surface area contributed by atoms with Gasteiger partial charge in [0.1, 0.15) is 11.9 Å². The number of rotatable bonds is 6. The molecule has 0 spiro atoms. The molecule has 0 fully saturated rings. The Morgan fingerprint density at radius 3 is 2.35 bits per heavy atom. The zero-order valence-corrected chi connectivity index (χ0v) is 16.3. The minimum atomic E-state index is -0.384. The summed E-state index contributed by atoms with van der Waals surface area (Å²) in [5.41, 5.74) is 2.30. The molecule has 1 aromatic heterocycles. The van der Waals surface area contributed by atoms with Crippen molar-refractivity contribution in [3.63, 3.8) is 0 Å². The predicted molar refractivity (Wildman–Crippen MR) is 104 cm³/mol. The van der Waals surface area contributed by atoms with E-state index in [2.05, 4.69) is 15.6 Å². The summed E-state index contributed by atoms with van der Waals surface area (Å²) in [6.07, 6.45) is 3.54. The van der Waals surface area contributed by atoms with Crippen LogP contribution in [-0.4, -0.2) is 21.4 Å². The van der Waals surface area contributed by atoms with Crippen LogP contribution in [0.2, 0.25) is 0 Å². The summed E-state index contributed by atoms with van der Waals surface area (Å²) in [4.78, 5) is 29.0. The van der Waals surface area contributed by atoms with Crippen LogP contribution >= 0.6 is 0 Å². The van der Waals surface area contributed by atoms with Crippen LogP contribution in [0.4, 0.5) is 11.4 Å². The first-order valence-electron chi connectivity index (χ1n) is 8.95. The number of hydrogen-bond donors (Lipinski definition) is 2. The fourth-order valence-corrected chi connectivity index (χ4v) is 2.58. The molecular weight excluding hydrogens is 328 g/mol. The first-order valence-corrected chi connectivity index (χ1v) is 8.95. The molecule has 26 heavy (non-hydrogen) atoms. The van der Waals surface area contributed by atoms with Gasteiger partial charge < -0.3 is 15.2 Å². The second-order valence-electron chi connectivity index (χ2n) is 7.19. The molecular formula is C20H28N4O2. The van der Waals surface area contributed by atoms with Gasteiger partial charge in [-0.05, 0) is 31.5 Å². The molecule has 0 aliphatic heterocycles. The molecule has 0 bridgehead atoms. The lowest BCUT2D eigenvalue weighted by Gasteiger charge is -2.18. The molecule has 1 aromatic carbocycles. The molecule has 2 N–H and O–H groups in total. The number of aryl methyl sites for hydroxylation is 1. The topological polar surface area (TPSA) is 76.0 Å². The van der Waals surface area contributed by atoms with Gasteiger partial charge >= 0.3 is 0 Å². The van der Waals surface area contributed by atoms with Gasteiger partial charge in [-0.1, -0.05) is 33.8 Å². The highest BCUT2D eigenvalue weighted by Gasteiger charge is 2.19. The lowest BCUT2D eigenvalue weighted by molar-refractivity contribution is -0.119. The third kappa shape index (κ3) is 4.50. The number of nitrogens with zero attached hydrogens (tertiary/aromatic N) is 2. The zero-order valence-electron chi connectivity index (χ0n) is 16.3. The van der Waals surface area contributed by atoms with E-state index in [1.54, 1.807) is 12.3 Å². The number of carbonyl (C=O) groups is 2.